The number of benzene rings is 2. The van der Waals surface area contributed by atoms with Gasteiger partial charge in [-0.3, -0.25) is 9.69 Å². The van der Waals surface area contributed by atoms with E-state index >= 15 is 0 Å². The van der Waals surface area contributed by atoms with Crippen molar-refractivity contribution in [1.29, 1.82) is 0 Å². The number of hydrogen-bond donors (Lipinski definition) is 1. The topological polar surface area (TPSA) is 48.6 Å². The Kier molecular flexibility index (Phi) is 6.24. The Bertz CT molecular complexity index is 1350. The number of aromatic nitrogens is 1. The van der Waals surface area contributed by atoms with Gasteiger partial charge in [-0.05, 0) is 60.1 Å². The summed E-state index contributed by atoms with van der Waals surface area (Å²) in [6.07, 6.45) is 5.22. The van der Waals surface area contributed by atoms with Crippen LogP contribution in [0.15, 0.2) is 36.9 Å². The lowest BCUT2D eigenvalue weighted by molar-refractivity contribution is 0.0289. The van der Waals surface area contributed by atoms with Crippen molar-refractivity contribution >= 4 is 28.4 Å². The number of morpholine rings is 1. The van der Waals surface area contributed by atoms with E-state index < -0.39 is 0 Å². The van der Waals surface area contributed by atoms with E-state index in [9.17, 15) is 4.79 Å². The molecule has 0 radical (unpaired) electrons. The summed E-state index contributed by atoms with van der Waals surface area (Å²) in [7, 11) is 0. The van der Waals surface area contributed by atoms with Crippen molar-refractivity contribution in [2.45, 2.75) is 45.4 Å². The fraction of sp³-hybridized carbons (Fsp3) is 0.469. The van der Waals surface area contributed by atoms with Gasteiger partial charge in [0.1, 0.15) is 0 Å². The largest absolute Gasteiger partial charge is 0.379 e. The van der Waals surface area contributed by atoms with Crippen LogP contribution >= 0.6 is 0 Å². The summed E-state index contributed by atoms with van der Waals surface area (Å²) in [5.41, 5.74) is 8.25. The van der Waals surface area contributed by atoms with E-state index in [1.165, 1.54) is 30.6 Å². The van der Waals surface area contributed by atoms with Crippen molar-refractivity contribution in [3.05, 3.63) is 70.4 Å². The highest BCUT2D eigenvalue weighted by Gasteiger charge is 2.40. The highest BCUT2D eigenvalue weighted by atomic mass is 16.5. The third kappa shape index (κ3) is 4.13. The zero-order valence-electron chi connectivity index (χ0n) is 22.5. The molecule has 3 aromatic rings. The second-order valence-corrected chi connectivity index (χ2v) is 11.6. The van der Waals surface area contributed by atoms with Gasteiger partial charge in [0.15, 0.2) is 5.78 Å². The molecule has 1 aliphatic carbocycles. The minimum absolute atomic E-state index is 0.146. The first-order chi connectivity index (χ1) is 17.9. The van der Waals surface area contributed by atoms with E-state index in [0.717, 1.165) is 90.6 Å². The quantitative estimate of drug-likeness (QED) is 0.485. The first-order valence-corrected chi connectivity index (χ1v) is 14.0. The molecule has 0 saturated carbocycles. The highest BCUT2D eigenvalue weighted by Crippen LogP contribution is 2.46. The number of anilines is 1. The van der Waals surface area contributed by atoms with Gasteiger partial charge in [0.2, 0.25) is 0 Å². The highest BCUT2D eigenvalue weighted by molar-refractivity contribution is 6.20. The Morgan fingerprint density at radius 2 is 1.86 bits per heavy atom. The molecular weight excluding hydrogens is 458 g/mol. The lowest BCUT2D eigenvalue weighted by Gasteiger charge is -2.39. The van der Waals surface area contributed by atoms with Crippen molar-refractivity contribution in [2.24, 2.45) is 5.92 Å². The predicted octanol–water partition coefficient (Wildman–Crippen LogP) is 5.79. The molecule has 3 aliphatic rings. The van der Waals surface area contributed by atoms with Gasteiger partial charge in [0.25, 0.3) is 0 Å². The maximum absolute atomic E-state index is 13.9. The molecule has 3 heterocycles. The molecule has 0 unspecified atom stereocenters. The Labute approximate surface area is 220 Å². The standard InChI is InChI=1S/C32H39N3O2/c1-5-21-7-8-24-27(17-21)33-31-29(24)30(36)25-18-23(6-2)28(19-26(25)32(31,3)4)35-11-9-22(10-12-35)20-34-13-15-37-16-14-34/h5,7-8,17-19,22,33H,1,6,9-16,20H2,2-4H3. The van der Waals surface area contributed by atoms with Crippen LogP contribution in [0.2, 0.25) is 0 Å². The molecule has 37 heavy (non-hydrogen) atoms. The summed E-state index contributed by atoms with van der Waals surface area (Å²) in [6, 6.07) is 10.8. The summed E-state index contributed by atoms with van der Waals surface area (Å²) < 4.78 is 5.53. The number of fused-ring (bicyclic) bond motifs is 4. The van der Waals surface area contributed by atoms with Crippen LogP contribution in [0.5, 0.6) is 0 Å². The molecule has 0 atom stereocenters. The van der Waals surface area contributed by atoms with Gasteiger partial charge in [0.05, 0.1) is 18.8 Å². The summed E-state index contributed by atoms with van der Waals surface area (Å²) in [4.78, 5) is 22.7. The lowest BCUT2D eigenvalue weighted by atomic mass is 9.70. The van der Waals surface area contributed by atoms with Gasteiger partial charge in [-0.2, -0.15) is 0 Å². The minimum atomic E-state index is -0.290. The third-order valence-electron chi connectivity index (χ3n) is 9.00. The number of ketones is 1. The Hall–Kier alpha value is -2.89. The number of nitrogens with zero attached hydrogens (tertiary/aromatic N) is 2. The monoisotopic (exact) mass is 497 g/mol. The second-order valence-electron chi connectivity index (χ2n) is 11.6. The molecule has 5 nitrogen and oxygen atoms in total. The minimum Gasteiger partial charge on any atom is -0.379 e. The van der Waals surface area contributed by atoms with Crippen LogP contribution in [0, 0.1) is 5.92 Å². The van der Waals surface area contributed by atoms with E-state index in [1.54, 1.807) is 0 Å². The van der Waals surface area contributed by atoms with Crippen molar-refractivity contribution in [1.82, 2.24) is 9.88 Å². The number of H-pyrrole nitrogens is 1. The Morgan fingerprint density at radius 3 is 2.57 bits per heavy atom. The lowest BCUT2D eigenvalue weighted by Crippen LogP contribution is -2.43. The van der Waals surface area contributed by atoms with Crippen LogP contribution in [0.3, 0.4) is 0 Å². The van der Waals surface area contributed by atoms with Crippen molar-refractivity contribution in [2.75, 3.05) is 50.8 Å². The summed E-state index contributed by atoms with van der Waals surface area (Å²) >= 11 is 0. The zero-order valence-corrected chi connectivity index (χ0v) is 22.5. The molecule has 2 aliphatic heterocycles. The molecule has 5 heteroatoms. The first-order valence-electron chi connectivity index (χ1n) is 14.0. The SMILES string of the molecule is C=Cc1ccc2c3c([nH]c2c1)C(C)(C)c1cc(N2CCC(CN4CCOCC4)CC2)c(CC)cc1C3=O. The van der Waals surface area contributed by atoms with Crippen molar-refractivity contribution < 1.29 is 9.53 Å². The maximum Gasteiger partial charge on any atom is 0.195 e. The predicted molar refractivity (Wildman–Crippen MR) is 152 cm³/mol. The normalized spacial score (nSPS) is 20.2. The molecule has 0 amide bonds. The summed E-state index contributed by atoms with van der Waals surface area (Å²) in [6.45, 7) is 17.9. The van der Waals surface area contributed by atoms with Crippen LogP contribution < -0.4 is 4.90 Å². The van der Waals surface area contributed by atoms with Crippen LogP contribution in [0.1, 0.15) is 71.9 Å². The molecule has 194 valence electrons. The van der Waals surface area contributed by atoms with E-state index in [-0.39, 0.29) is 11.2 Å². The average molecular weight is 498 g/mol. The van der Waals surface area contributed by atoms with Crippen molar-refractivity contribution in [3.8, 4) is 0 Å². The number of carbonyl (C=O) groups is 1. The van der Waals surface area contributed by atoms with Gasteiger partial charge in [-0.1, -0.05) is 45.6 Å². The van der Waals surface area contributed by atoms with E-state index in [2.05, 4.69) is 66.4 Å². The second kappa shape index (κ2) is 9.45. The number of piperidine rings is 1. The molecule has 6 rings (SSSR count). The molecular formula is C32H39N3O2. The molecule has 2 aromatic carbocycles. The van der Waals surface area contributed by atoms with Gasteiger partial charge >= 0.3 is 0 Å². The molecule has 0 spiro atoms. The van der Waals surface area contributed by atoms with Crippen molar-refractivity contribution in [3.63, 3.8) is 0 Å². The van der Waals surface area contributed by atoms with Gasteiger partial charge in [-0.25, -0.2) is 0 Å². The van der Waals surface area contributed by atoms with E-state index in [1.807, 2.05) is 12.1 Å². The van der Waals surface area contributed by atoms with Gasteiger partial charge in [0, 0.05) is 66.0 Å². The Balaban J connectivity index is 1.32. The number of nitrogens with one attached hydrogen (secondary N) is 1. The zero-order chi connectivity index (χ0) is 25.7. The molecule has 1 N–H and O–H groups in total. The molecule has 2 saturated heterocycles. The van der Waals surface area contributed by atoms with Gasteiger partial charge in [-0.15, -0.1) is 0 Å². The number of rotatable bonds is 5. The third-order valence-corrected chi connectivity index (χ3v) is 9.00. The van der Waals surface area contributed by atoms with Crippen LogP contribution in [-0.4, -0.2) is 61.6 Å². The number of aryl methyl sites for hydroxylation is 1. The Morgan fingerprint density at radius 1 is 1.11 bits per heavy atom. The van der Waals surface area contributed by atoms with Crippen LogP contribution in [0.4, 0.5) is 5.69 Å². The van der Waals surface area contributed by atoms with Crippen LogP contribution in [-0.2, 0) is 16.6 Å². The first kappa shape index (κ1) is 24.4. The number of ether oxygens (including phenoxy) is 1. The number of hydrogen-bond acceptors (Lipinski definition) is 4. The van der Waals surface area contributed by atoms with E-state index in [4.69, 9.17) is 4.74 Å². The fourth-order valence-corrected chi connectivity index (χ4v) is 6.74. The maximum atomic E-state index is 13.9. The average Bonchev–Trinajstić information content (AvgIpc) is 3.32. The van der Waals surface area contributed by atoms with Crippen LogP contribution in [0.25, 0.3) is 17.0 Å². The van der Waals surface area contributed by atoms with E-state index in [0.29, 0.717) is 0 Å². The molecule has 0 bridgehead atoms. The summed E-state index contributed by atoms with van der Waals surface area (Å²) in [5.74, 6) is 0.900. The fourth-order valence-electron chi connectivity index (χ4n) is 6.74. The molecule has 1 aromatic heterocycles. The smallest absolute Gasteiger partial charge is 0.195 e. The van der Waals surface area contributed by atoms with Gasteiger partial charge < -0.3 is 14.6 Å². The molecule has 2 fully saturated rings. The summed E-state index contributed by atoms with van der Waals surface area (Å²) in [5, 5.41) is 1.01. The number of carbonyl (C=O) groups excluding carboxylic acids is 1. The number of aromatic amines is 1.